The maximum atomic E-state index is 12.3. The predicted molar refractivity (Wildman–Crippen MR) is 466 cm³/mol. The summed E-state index contributed by atoms with van der Waals surface area (Å²) in [5.74, 6) is -1.26. The fraction of sp³-hybridized carbons (Fsp3) is 0.600. The Balaban J connectivity index is 0.000000166. The molecule has 698 valence electrons. The normalized spacial score (nSPS) is 19.6. The molecule has 129 heavy (non-hydrogen) atoms. The third kappa shape index (κ3) is 28.5. The maximum absolute atomic E-state index is 12.3. The van der Waals surface area contributed by atoms with Crippen LogP contribution in [-0.4, -0.2) is 199 Å². The molecule has 39 heteroatoms. The molecule has 6 aliphatic carbocycles. The molecule has 0 aliphatic heterocycles. The first kappa shape index (κ1) is 97.1. The number of unbranched alkanes of at least 4 members (excludes halogenated alkanes) is 1. The first-order valence-corrected chi connectivity index (χ1v) is 44.9. The van der Waals surface area contributed by atoms with Crippen LogP contribution in [-0.2, 0) is 97.2 Å². The van der Waals surface area contributed by atoms with Gasteiger partial charge >= 0.3 is 48.1 Å². The van der Waals surface area contributed by atoms with E-state index in [1.807, 2.05) is 78.8 Å². The zero-order chi connectivity index (χ0) is 92.4. The van der Waals surface area contributed by atoms with Crippen molar-refractivity contribution in [1.82, 2.24) is 95.9 Å². The summed E-state index contributed by atoms with van der Waals surface area (Å²) >= 11 is 0. The van der Waals surface area contributed by atoms with Crippen LogP contribution in [0.3, 0.4) is 0 Å². The van der Waals surface area contributed by atoms with E-state index in [1.54, 1.807) is 65.1 Å². The van der Waals surface area contributed by atoms with Gasteiger partial charge in [-0.15, -0.1) is 20.4 Å². The van der Waals surface area contributed by atoms with E-state index in [4.69, 9.17) is 37.9 Å². The number of ether oxygens (including phenoxy) is 8. The second kappa shape index (κ2) is 47.0. The van der Waals surface area contributed by atoms with Gasteiger partial charge in [-0.25, -0.2) is 48.4 Å². The number of esters is 1. The molecule has 8 atom stereocenters. The second-order valence-electron chi connectivity index (χ2n) is 34.4. The van der Waals surface area contributed by atoms with E-state index in [-0.39, 0.29) is 92.1 Å². The Morgan fingerprint density at radius 3 is 1.03 bits per heavy atom. The average molecular weight is 1790 g/mol. The quantitative estimate of drug-likeness (QED) is 0.0114. The number of aryl methyl sites for hydroxylation is 8. The number of pyridine rings is 4. The van der Waals surface area contributed by atoms with Gasteiger partial charge in [0, 0.05) is 28.2 Å². The summed E-state index contributed by atoms with van der Waals surface area (Å²) in [4.78, 5) is 112. The summed E-state index contributed by atoms with van der Waals surface area (Å²) in [5, 5.41) is 78.5. The summed E-state index contributed by atoms with van der Waals surface area (Å²) in [6.07, 6.45) is 18.8. The van der Waals surface area contributed by atoms with Crippen molar-refractivity contribution < 1.29 is 96.7 Å². The second-order valence-corrected chi connectivity index (χ2v) is 34.4. The lowest BCUT2D eigenvalue weighted by atomic mass is 9.87. The molecule has 8 heterocycles. The molecule has 8 aromatic rings. The number of carboxylic acid groups (broad SMARTS) is 4. The van der Waals surface area contributed by atoms with E-state index in [0.717, 1.165) is 102 Å². The molecule has 14 rings (SSSR count). The van der Waals surface area contributed by atoms with Crippen LogP contribution < -0.4 is 34.9 Å². The van der Waals surface area contributed by atoms with Crippen LogP contribution in [0, 0.1) is 63.2 Å². The van der Waals surface area contributed by atoms with Crippen LogP contribution >= 0.6 is 0 Å². The van der Waals surface area contributed by atoms with E-state index in [2.05, 4.69) is 77.1 Å². The van der Waals surface area contributed by atoms with Gasteiger partial charge in [0.05, 0.1) is 162 Å². The predicted octanol–water partition coefficient (Wildman–Crippen LogP) is 12.8. The largest absolute Gasteiger partial charge is 0.489 e. The fourth-order valence-corrected chi connectivity index (χ4v) is 16.2. The molecule has 0 spiro atoms. The zero-order valence-electron chi connectivity index (χ0n) is 75.6. The highest BCUT2D eigenvalue weighted by molar-refractivity contribution is 5.76. The smallest absolute Gasteiger partial charge is 0.407 e. The Bertz CT molecular complexity index is 5130. The molecule has 6 fully saturated rings. The number of carboxylic acids is 4. The van der Waals surface area contributed by atoms with E-state index in [1.165, 1.54) is 12.8 Å². The van der Waals surface area contributed by atoms with Crippen molar-refractivity contribution >= 4 is 48.1 Å². The van der Waals surface area contributed by atoms with Crippen molar-refractivity contribution in [2.75, 3.05) is 19.8 Å². The number of rotatable bonds is 33. The summed E-state index contributed by atoms with van der Waals surface area (Å²) in [6.45, 7) is 15.2. The van der Waals surface area contributed by atoms with Crippen LogP contribution in [0.1, 0.15) is 227 Å². The first-order valence-electron chi connectivity index (χ1n) is 44.9. The Labute approximate surface area is 749 Å². The van der Waals surface area contributed by atoms with Gasteiger partial charge in [0.2, 0.25) is 0 Å². The van der Waals surface area contributed by atoms with Gasteiger partial charge in [0.1, 0.15) is 51.9 Å². The van der Waals surface area contributed by atoms with Crippen molar-refractivity contribution in [2.45, 2.75) is 266 Å². The van der Waals surface area contributed by atoms with Crippen LogP contribution in [0.4, 0.5) is 14.4 Å². The highest BCUT2D eigenvalue weighted by atomic mass is 16.6. The summed E-state index contributed by atoms with van der Waals surface area (Å²) in [7, 11) is 7.01. The molecule has 0 radical (unpaired) electrons. The SMILES string of the molecule is CCCCOC(=O)NCc1c(-c2ccc(O[C@H]3CCC[C@H](C(=O)O)C3)c(C)n2)nnn1C.Cc1nc(-c2nnn(C)c2CC(=O)OCCC2CC2)ccc1O[C@H]1CCC[C@H](C(=O)O)C1.Cc1nc(-c2nnn(C)c2CNC(=O)OC2CCCC2)ccc1O[C@H]1CCCC(C(=O)O)C1.Cc1nc(-c2nnn(C)c2CNC(=O)OCC(C)C)ccc1O[C@H]1CCCC(C(=O)O)C1. The standard InChI is InChI=1S/C23H31N5O5.C23H30N4O5.2C22H31N5O5/c1-14-20(32-17-9-5-6-15(12-17)22(29)30)11-10-18(25-14)21-19(28(2)27-26-21)13-24-23(31)33-16-7-3-4-8-16;1-14-20(32-17-5-3-4-16(12-17)23(29)30)9-8-18(24-14)22-19(27(2)26-25-22)13-21(28)31-11-10-15-6-7-15;1-13(2)12-31-22(30)23-11-18-20(25-26-27(18)4)17-8-9-19(14(3)24-17)32-16-7-5-6-15(10-16)21(28)29;1-4-5-11-31-22(30)23-13-18-20(25-26-27(18)3)17-9-10-19(14(2)24-17)32-16-8-6-7-15(12-16)21(28)29/h10-11,15-17H,3-9,12-13H2,1-2H3,(H,24,31)(H,29,30);8-9,15-17H,3-7,10-13H2,1-2H3,(H,29,30);8-9,13,15-16H,5-7,10-12H2,1-4H3,(H,23,30)(H,28,29);9-10,15-16H,4-8,11-13H2,1-3H3,(H,23,30)(H,28,29)/t15?,17-;16-,17-;15?,16-;15-,16-/m0000/s1. The van der Waals surface area contributed by atoms with Gasteiger partial charge in [-0.2, -0.15) is 0 Å². The molecule has 2 unspecified atom stereocenters. The Hall–Kier alpha value is -12.5. The van der Waals surface area contributed by atoms with E-state index < -0.39 is 42.2 Å². The number of aromatic nitrogens is 16. The molecular weight excluding hydrogens is 1670 g/mol. The summed E-state index contributed by atoms with van der Waals surface area (Å²) < 4.78 is 51.8. The van der Waals surface area contributed by atoms with E-state index in [9.17, 15) is 58.8 Å². The first-order chi connectivity index (χ1) is 61.9. The number of aliphatic carboxylic acids is 4. The number of carbonyl (C=O) groups is 8. The lowest BCUT2D eigenvalue weighted by molar-refractivity contribution is -0.144. The van der Waals surface area contributed by atoms with E-state index in [0.29, 0.717) is 186 Å². The van der Waals surface area contributed by atoms with Crippen LogP contribution in [0.5, 0.6) is 23.0 Å². The highest BCUT2D eigenvalue weighted by Crippen LogP contribution is 2.38. The average Bonchev–Trinajstić information content (AvgIpc) is 1.72. The molecule has 39 nitrogen and oxygen atoms in total. The number of nitrogens with one attached hydrogen (secondary N) is 3. The van der Waals surface area contributed by atoms with Crippen molar-refractivity contribution in [3.8, 4) is 68.5 Å². The summed E-state index contributed by atoms with van der Waals surface area (Å²) in [6, 6.07) is 14.5. The molecule has 7 N–H and O–H groups in total. The monoisotopic (exact) mass is 1790 g/mol. The molecule has 0 aromatic carbocycles. The lowest BCUT2D eigenvalue weighted by Crippen LogP contribution is -2.29. The fourth-order valence-electron chi connectivity index (χ4n) is 16.2. The number of hydrogen-bond acceptors (Lipinski definition) is 28. The Morgan fingerprint density at radius 1 is 0.395 bits per heavy atom. The summed E-state index contributed by atoms with van der Waals surface area (Å²) in [5.41, 5.74) is 10.2. The van der Waals surface area contributed by atoms with Gasteiger partial charge < -0.3 is 74.3 Å². The van der Waals surface area contributed by atoms with E-state index >= 15 is 0 Å². The van der Waals surface area contributed by atoms with Gasteiger partial charge in [-0.3, -0.25) is 28.7 Å². The number of amides is 3. The lowest BCUT2D eigenvalue weighted by Gasteiger charge is -2.27. The van der Waals surface area contributed by atoms with Gasteiger partial charge in [-0.1, -0.05) is 60.9 Å². The van der Waals surface area contributed by atoms with Gasteiger partial charge in [-0.05, 0) is 229 Å². The number of alkyl carbamates (subject to hydrolysis) is 3. The van der Waals surface area contributed by atoms with Crippen molar-refractivity contribution in [3.05, 3.63) is 94.1 Å². The van der Waals surface area contributed by atoms with Crippen LogP contribution in [0.2, 0.25) is 0 Å². The Kier molecular flexibility index (Phi) is 35.4. The number of carbonyl (C=O) groups excluding carboxylic acids is 4. The number of nitrogens with zero attached hydrogens (tertiary/aromatic N) is 16. The van der Waals surface area contributed by atoms with Crippen molar-refractivity contribution in [3.63, 3.8) is 0 Å². The molecule has 6 aliphatic rings. The third-order valence-electron chi connectivity index (χ3n) is 23.8. The zero-order valence-corrected chi connectivity index (χ0v) is 75.6. The minimum atomic E-state index is -0.764. The molecule has 0 bridgehead atoms. The highest BCUT2D eigenvalue weighted by Gasteiger charge is 2.35. The van der Waals surface area contributed by atoms with Crippen LogP contribution in [0.25, 0.3) is 45.6 Å². The topological polar surface area (TPSA) is 502 Å². The molecular formula is C90H123N19O20. The van der Waals surface area contributed by atoms with Crippen LogP contribution in [0.15, 0.2) is 48.5 Å². The van der Waals surface area contributed by atoms with Crippen molar-refractivity contribution in [1.29, 1.82) is 0 Å². The molecule has 8 aromatic heterocycles. The minimum Gasteiger partial charge on any atom is -0.489 e. The number of hydrogen-bond donors (Lipinski definition) is 7. The molecule has 3 amide bonds. The molecule has 0 saturated heterocycles. The maximum Gasteiger partial charge on any atom is 0.407 e. The molecule has 6 saturated carbocycles. The minimum absolute atomic E-state index is 0.000866. The third-order valence-corrected chi connectivity index (χ3v) is 23.8. The van der Waals surface area contributed by atoms with Gasteiger partial charge in [0.15, 0.2) is 0 Å². The van der Waals surface area contributed by atoms with Gasteiger partial charge in [0.25, 0.3) is 0 Å². The van der Waals surface area contributed by atoms with Crippen molar-refractivity contribution in [2.24, 2.45) is 63.7 Å². The Morgan fingerprint density at radius 2 is 0.713 bits per heavy atom.